The number of amides is 1. The molecule has 0 aliphatic carbocycles. The summed E-state index contributed by atoms with van der Waals surface area (Å²) in [5.41, 5.74) is 8.90. The molecule has 0 fully saturated rings. The van der Waals surface area contributed by atoms with Crippen molar-refractivity contribution in [3.8, 4) is 11.1 Å². The summed E-state index contributed by atoms with van der Waals surface area (Å²) in [6, 6.07) is 11.0. The van der Waals surface area contributed by atoms with Crippen LogP contribution in [0, 0.1) is 0 Å². The molecular formula is C23H24F3N3O. The van der Waals surface area contributed by atoms with Gasteiger partial charge in [0.25, 0.3) is 5.91 Å². The Morgan fingerprint density at radius 1 is 1.10 bits per heavy atom. The van der Waals surface area contributed by atoms with Gasteiger partial charge in [0.15, 0.2) is 0 Å². The third kappa shape index (κ3) is 4.90. The fraction of sp³-hybridized carbons (Fsp3) is 0.304. The van der Waals surface area contributed by atoms with E-state index in [0.29, 0.717) is 30.6 Å². The molecule has 2 aromatic rings. The van der Waals surface area contributed by atoms with Crippen LogP contribution >= 0.6 is 0 Å². The average Bonchev–Trinajstić information content (AvgIpc) is 2.72. The molecule has 0 atom stereocenters. The van der Waals surface area contributed by atoms with Crippen LogP contribution in [-0.2, 0) is 23.9 Å². The lowest BCUT2D eigenvalue weighted by molar-refractivity contribution is -0.137. The third-order valence-corrected chi connectivity index (χ3v) is 4.99. The van der Waals surface area contributed by atoms with Crippen LogP contribution in [-0.4, -0.2) is 29.6 Å². The molecule has 1 amide bonds. The van der Waals surface area contributed by atoms with Gasteiger partial charge in [-0.25, -0.2) is 0 Å². The second-order valence-corrected chi connectivity index (χ2v) is 7.53. The number of aliphatic imine (C=N–C) groups is 1. The summed E-state index contributed by atoms with van der Waals surface area (Å²) >= 11 is 0. The van der Waals surface area contributed by atoms with E-state index in [9.17, 15) is 18.0 Å². The van der Waals surface area contributed by atoms with E-state index in [1.807, 2.05) is 32.0 Å². The zero-order valence-corrected chi connectivity index (χ0v) is 16.9. The van der Waals surface area contributed by atoms with E-state index >= 15 is 0 Å². The SMILES string of the molecule is CC(C)N=CC(=CN)C(=O)N1CCc2ccc(-c3ccc(C(F)(F)F)cc3)cc2C1. The maximum atomic E-state index is 12.8. The van der Waals surface area contributed by atoms with Crippen LogP contribution in [0.1, 0.15) is 30.5 Å². The van der Waals surface area contributed by atoms with Crippen LogP contribution in [0.2, 0.25) is 0 Å². The van der Waals surface area contributed by atoms with Crippen molar-refractivity contribution in [3.63, 3.8) is 0 Å². The molecule has 1 heterocycles. The van der Waals surface area contributed by atoms with Gasteiger partial charge in [-0.05, 0) is 60.7 Å². The van der Waals surface area contributed by atoms with Gasteiger partial charge in [-0.2, -0.15) is 13.2 Å². The third-order valence-electron chi connectivity index (χ3n) is 4.99. The summed E-state index contributed by atoms with van der Waals surface area (Å²) in [6.45, 7) is 4.80. The Hall–Kier alpha value is -3.09. The molecule has 0 saturated heterocycles. The molecule has 0 aromatic heterocycles. The zero-order chi connectivity index (χ0) is 21.9. The lowest BCUT2D eigenvalue weighted by atomic mass is 9.94. The van der Waals surface area contributed by atoms with Gasteiger partial charge in [0.1, 0.15) is 0 Å². The number of hydrogen-bond donors (Lipinski definition) is 1. The molecule has 1 aliphatic heterocycles. The van der Waals surface area contributed by atoms with Crippen LogP contribution in [0.4, 0.5) is 13.2 Å². The summed E-state index contributed by atoms with van der Waals surface area (Å²) in [5, 5.41) is 0. The molecule has 2 aromatic carbocycles. The van der Waals surface area contributed by atoms with Gasteiger partial charge in [0.2, 0.25) is 0 Å². The molecule has 30 heavy (non-hydrogen) atoms. The predicted octanol–water partition coefficient (Wildman–Crippen LogP) is 4.58. The quantitative estimate of drug-likeness (QED) is 0.587. The number of nitrogens with zero attached hydrogens (tertiary/aromatic N) is 2. The first-order chi connectivity index (χ1) is 14.2. The van der Waals surface area contributed by atoms with Crippen LogP contribution in [0.25, 0.3) is 11.1 Å². The molecule has 0 bridgehead atoms. The van der Waals surface area contributed by atoms with Crippen molar-refractivity contribution in [1.82, 2.24) is 4.90 Å². The van der Waals surface area contributed by atoms with Crippen molar-refractivity contribution < 1.29 is 18.0 Å². The highest BCUT2D eigenvalue weighted by atomic mass is 19.4. The molecule has 0 saturated carbocycles. The number of benzene rings is 2. The summed E-state index contributed by atoms with van der Waals surface area (Å²) < 4.78 is 38.4. The minimum absolute atomic E-state index is 0.0566. The lowest BCUT2D eigenvalue weighted by Gasteiger charge is -2.29. The largest absolute Gasteiger partial charge is 0.416 e. The monoisotopic (exact) mass is 415 g/mol. The maximum Gasteiger partial charge on any atom is 0.416 e. The average molecular weight is 415 g/mol. The Labute approximate surface area is 173 Å². The number of alkyl halides is 3. The molecular weight excluding hydrogens is 391 g/mol. The smallest absolute Gasteiger partial charge is 0.404 e. The molecule has 0 radical (unpaired) electrons. The second kappa shape index (κ2) is 8.73. The normalized spacial score (nSPS) is 15.0. The number of halogens is 3. The second-order valence-electron chi connectivity index (χ2n) is 7.53. The van der Waals surface area contributed by atoms with Crippen LogP contribution in [0.3, 0.4) is 0 Å². The maximum absolute atomic E-state index is 12.8. The van der Waals surface area contributed by atoms with Gasteiger partial charge in [-0.1, -0.05) is 24.3 Å². The molecule has 1 aliphatic rings. The lowest BCUT2D eigenvalue weighted by Crippen LogP contribution is -2.37. The molecule has 7 heteroatoms. The topological polar surface area (TPSA) is 58.7 Å². The van der Waals surface area contributed by atoms with Crippen LogP contribution in [0.15, 0.2) is 59.2 Å². The van der Waals surface area contributed by atoms with E-state index < -0.39 is 11.7 Å². The Morgan fingerprint density at radius 3 is 2.37 bits per heavy atom. The van der Waals surface area contributed by atoms with Gasteiger partial charge in [-0.15, -0.1) is 0 Å². The molecule has 4 nitrogen and oxygen atoms in total. The van der Waals surface area contributed by atoms with Crippen molar-refractivity contribution in [3.05, 3.63) is 70.9 Å². The van der Waals surface area contributed by atoms with E-state index in [4.69, 9.17) is 5.73 Å². The summed E-state index contributed by atoms with van der Waals surface area (Å²) in [5.74, 6) is -0.188. The summed E-state index contributed by atoms with van der Waals surface area (Å²) in [4.78, 5) is 18.8. The number of carbonyl (C=O) groups excluding carboxylic acids is 1. The van der Waals surface area contributed by atoms with Crippen molar-refractivity contribution >= 4 is 12.1 Å². The fourth-order valence-electron chi connectivity index (χ4n) is 3.34. The highest BCUT2D eigenvalue weighted by Gasteiger charge is 2.30. The Bertz CT molecular complexity index is 976. The Balaban J connectivity index is 1.81. The number of fused-ring (bicyclic) bond motifs is 1. The number of hydrogen-bond acceptors (Lipinski definition) is 3. The first kappa shape index (κ1) is 21.6. The first-order valence-corrected chi connectivity index (χ1v) is 9.73. The number of rotatable bonds is 4. The standard InChI is InChI=1S/C23H24F3N3O/c1-15(2)28-13-20(12-27)22(30)29-10-9-17-3-4-18(11-19(17)14-29)16-5-7-21(8-6-16)23(24,25)26/h3-8,11-13,15H,9-10,14,27H2,1-2H3. The highest BCUT2D eigenvalue weighted by Crippen LogP contribution is 2.32. The highest BCUT2D eigenvalue weighted by molar-refractivity contribution is 6.12. The van der Waals surface area contributed by atoms with Gasteiger partial charge >= 0.3 is 6.18 Å². The van der Waals surface area contributed by atoms with E-state index in [1.54, 1.807) is 4.90 Å². The van der Waals surface area contributed by atoms with Gasteiger partial charge in [0, 0.05) is 31.5 Å². The van der Waals surface area contributed by atoms with Gasteiger partial charge in [0.05, 0.1) is 11.1 Å². The summed E-state index contributed by atoms with van der Waals surface area (Å²) in [7, 11) is 0. The van der Waals surface area contributed by atoms with E-state index in [2.05, 4.69) is 4.99 Å². The Morgan fingerprint density at radius 2 is 1.77 bits per heavy atom. The van der Waals surface area contributed by atoms with Crippen molar-refractivity contribution in [2.24, 2.45) is 10.7 Å². The Kier molecular flexibility index (Phi) is 6.29. The predicted molar refractivity (Wildman–Crippen MR) is 112 cm³/mol. The van der Waals surface area contributed by atoms with Crippen LogP contribution in [0.5, 0.6) is 0 Å². The first-order valence-electron chi connectivity index (χ1n) is 9.73. The minimum atomic E-state index is -4.36. The zero-order valence-electron chi connectivity index (χ0n) is 16.9. The van der Waals surface area contributed by atoms with Crippen LogP contribution < -0.4 is 5.73 Å². The van der Waals surface area contributed by atoms with Crippen molar-refractivity contribution in [1.29, 1.82) is 0 Å². The fourth-order valence-corrected chi connectivity index (χ4v) is 3.34. The molecule has 3 rings (SSSR count). The number of carbonyl (C=O) groups is 1. The minimum Gasteiger partial charge on any atom is -0.404 e. The van der Waals surface area contributed by atoms with Crippen molar-refractivity contribution in [2.75, 3.05) is 6.54 Å². The molecule has 0 unspecified atom stereocenters. The number of nitrogens with two attached hydrogens (primary N) is 1. The van der Waals surface area contributed by atoms with Gasteiger partial charge < -0.3 is 10.6 Å². The van der Waals surface area contributed by atoms with E-state index in [0.717, 1.165) is 28.8 Å². The summed E-state index contributed by atoms with van der Waals surface area (Å²) in [6.07, 6.45) is -0.890. The molecule has 2 N–H and O–H groups in total. The molecule has 0 spiro atoms. The van der Waals surface area contributed by atoms with Crippen molar-refractivity contribution in [2.45, 2.75) is 39.0 Å². The van der Waals surface area contributed by atoms with E-state index in [-0.39, 0.29) is 11.9 Å². The van der Waals surface area contributed by atoms with Gasteiger partial charge in [-0.3, -0.25) is 9.79 Å². The van der Waals surface area contributed by atoms with E-state index in [1.165, 1.54) is 24.5 Å². The molecule has 158 valence electrons.